The lowest BCUT2D eigenvalue weighted by Gasteiger charge is -2.32. The van der Waals surface area contributed by atoms with Gasteiger partial charge >= 0.3 is 6.18 Å². The number of fused-ring (bicyclic) bond motifs is 1. The van der Waals surface area contributed by atoms with Crippen molar-refractivity contribution in [3.05, 3.63) is 90.4 Å². The molecule has 188 valence electrons. The van der Waals surface area contributed by atoms with Crippen molar-refractivity contribution in [2.24, 2.45) is 5.41 Å². The van der Waals surface area contributed by atoms with Gasteiger partial charge in [-0.1, -0.05) is 63.2 Å². The van der Waals surface area contributed by atoms with Crippen molar-refractivity contribution in [3.8, 4) is 11.4 Å². The summed E-state index contributed by atoms with van der Waals surface area (Å²) in [4.78, 5) is 12.5. The van der Waals surface area contributed by atoms with E-state index in [0.717, 1.165) is 0 Å². The molecule has 1 aromatic heterocycles. The lowest BCUT2D eigenvalue weighted by Crippen LogP contribution is -2.53. The van der Waals surface area contributed by atoms with Crippen molar-refractivity contribution in [3.63, 3.8) is 0 Å². The number of benzene rings is 3. The molecule has 4 aromatic rings. The topological polar surface area (TPSA) is 56.1 Å². The van der Waals surface area contributed by atoms with E-state index in [1.54, 1.807) is 42.5 Å². The van der Waals surface area contributed by atoms with E-state index in [-0.39, 0.29) is 17.0 Å². The second-order valence-electron chi connectivity index (χ2n) is 9.42. The van der Waals surface area contributed by atoms with E-state index in [9.17, 15) is 22.4 Å². The van der Waals surface area contributed by atoms with Crippen LogP contribution in [0.2, 0.25) is 0 Å². The van der Waals surface area contributed by atoms with Gasteiger partial charge in [0.2, 0.25) is 5.91 Å². The van der Waals surface area contributed by atoms with Crippen LogP contribution in [0.15, 0.2) is 79.0 Å². The van der Waals surface area contributed by atoms with E-state index < -0.39 is 35.5 Å². The Bertz CT molecular complexity index is 1360. The van der Waals surface area contributed by atoms with Gasteiger partial charge < -0.3 is 10.1 Å². The van der Waals surface area contributed by atoms with Crippen molar-refractivity contribution in [2.75, 3.05) is 0 Å². The minimum Gasteiger partial charge on any atom is -0.483 e. The average molecular weight is 500 g/mol. The first kappa shape index (κ1) is 25.2. The number of ether oxygens (including phenoxy) is 1. The highest BCUT2D eigenvalue weighted by Gasteiger charge is 2.48. The number of alkyl halides is 3. The van der Waals surface area contributed by atoms with Crippen molar-refractivity contribution in [1.29, 1.82) is 0 Å². The number of carbonyl (C=O) groups excluding carboxylic acids is 1. The van der Waals surface area contributed by atoms with E-state index in [0.29, 0.717) is 10.9 Å². The number of halogens is 4. The summed E-state index contributed by atoms with van der Waals surface area (Å²) in [7, 11) is 0. The Morgan fingerprint density at radius 1 is 0.972 bits per heavy atom. The molecule has 0 aliphatic rings. The monoisotopic (exact) mass is 499 g/mol. The smallest absolute Gasteiger partial charge is 0.412 e. The van der Waals surface area contributed by atoms with Gasteiger partial charge in [-0.2, -0.15) is 18.3 Å². The second kappa shape index (κ2) is 9.64. The van der Waals surface area contributed by atoms with Gasteiger partial charge in [0.05, 0.1) is 11.7 Å². The fourth-order valence-electron chi connectivity index (χ4n) is 3.70. The van der Waals surface area contributed by atoms with Gasteiger partial charge in [-0.15, -0.1) is 0 Å². The predicted octanol–water partition coefficient (Wildman–Crippen LogP) is 6.38. The average Bonchev–Trinajstić information content (AvgIpc) is 3.23. The predicted molar refractivity (Wildman–Crippen MR) is 128 cm³/mol. The number of hydrogen-bond acceptors (Lipinski definition) is 3. The lowest BCUT2D eigenvalue weighted by atomic mass is 9.93. The number of carbonyl (C=O) groups is 1. The van der Waals surface area contributed by atoms with Gasteiger partial charge in [-0.05, 0) is 35.9 Å². The molecule has 3 aromatic carbocycles. The minimum absolute atomic E-state index is 0.142. The molecule has 4 rings (SSSR count). The molecule has 0 saturated carbocycles. The summed E-state index contributed by atoms with van der Waals surface area (Å²) >= 11 is 0. The van der Waals surface area contributed by atoms with Crippen LogP contribution in [0.3, 0.4) is 0 Å². The number of rotatable bonds is 6. The van der Waals surface area contributed by atoms with E-state index in [2.05, 4.69) is 10.4 Å². The number of amides is 1. The Morgan fingerprint density at radius 3 is 2.28 bits per heavy atom. The summed E-state index contributed by atoms with van der Waals surface area (Å²) in [6.07, 6.45) is -4.87. The maximum Gasteiger partial charge on any atom is 0.412 e. The number of aromatic nitrogens is 2. The van der Waals surface area contributed by atoms with Crippen LogP contribution in [0.4, 0.5) is 17.6 Å². The third-order valence-electron chi connectivity index (χ3n) is 5.63. The maximum atomic E-state index is 14.3. The van der Waals surface area contributed by atoms with Crippen LogP contribution in [0.5, 0.6) is 5.75 Å². The number of nitrogens with one attached hydrogen (secondary N) is 1. The Morgan fingerprint density at radius 2 is 1.64 bits per heavy atom. The first-order valence-corrected chi connectivity index (χ1v) is 11.3. The molecule has 2 atom stereocenters. The molecule has 5 nitrogen and oxygen atoms in total. The molecule has 0 aliphatic carbocycles. The fourth-order valence-corrected chi connectivity index (χ4v) is 3.70. The van der Waals surface area contributed by atoms with Gasteiger partial charge in [0.1, 0.15) is 17.3 Å². The highest BCUT2D eigenvalue weighted by molar-refractivity contribution is 5.82. The molecule has 0 radical (unpaired) electrons. The summed E-state index contributed by atoms with van der Waals surface area (Å²) in [6.45, 7) is 4.61. The van der Waals surface area contributed by atoms with Crippen LogP contribution in [0.25, 0.3) is 16.6 Å². The van der Waals surface area contributed by atoms with Crippen molar-refractivity contribution in [2.45, 2.75) is 39.1 Å². The van der Waals surface area contributed by atoms with Gasteiger partial charge in [-0.25, -0.2) is 9.07 Å². The molecule has 0 bridgehead atoms. The summed E-state index contributed by atoms with van der Waals surface area (Å²) in [5.41, 5.74) is 0.00366. The number of nitrogens with zero attached hydrogens (tertiary/aromatic N) is 2. The number of para-hydroxylation sites is 1. The molecule has 1 heterocycles. The van der Waals surface area contributed by atoms with Crippen LogP contribution >= 0.6 is 0 Å². The molecule has 0 fully saturated rings. The first-order chi connectivity index (χ1) is 16.9. The molecule has 36 heavy (non-hydrogen) atoms. The molecule has 0 saturated heterocycles. The SMILES string of the molecule is CC(C)(C)C(=O)NC(C(Oc1ccc2c(cnn2-c2ccccc2F)c1)c1ccccc1)C(F)(F)F. The van der Waals surface area contributed by atoms with Crippen LogP contribution < -0.4 is 10.1 Å². The summed E-state index contributed by atoms with van der Waals surface area (Å²) < 4.78 is 64.3. The molecule has 1 N–H and O–H groups in total. The Labute approximate surface area is 205 Å². The molecule has 2 unspecified atom stereocenters. The van der Waals surface area contributed by atoms with Crippen molar-refractivity contribution in [1.82, 2.24) is 15.1 Å². The quantitative estimate of drug-likeness (QED) is 0.313. The molecule has 0 aliphatic heterocycles. The van der Waals surface area contributed by atoms with Gasteiger partial charge in [0.15, 0.2) is 12.1 Å². The third-order valence-corrected chi connectivity index (χ3v) is 5.63. The van der Waals surface area contributed by atoms with Gasteiger partial charge in [-0.3, -0.25) is 4.79 Å². The highest BCUT2D eigenvalue weighted by atomic mass is 19.4. The normalized spacial score (nSPS) is 13.9. The summed E-state index contributed by atoms with van der Waals surface area (Å²) in [5.74, 6) is -1.07. The van der Waals surface area contributed by atoms with Crippen LogP contribution in [-0.4, -0.2) is 27.9 Å². The van der Waals surface area contributed by atoms with Gasteiger partial charge in [0.25, 0.3) is 0 Å². The van der Waals surface area contributed by atoms with E-state index in [4.69, 9.17) is 4.74 Å². The Hall–Kier alpha value is -3.88. The summed E-state index contributed by atoms with van der Waals surface area (Å²) in [6, 6.07) is 16.4. The standard InChI is InChI=1S/C27H25F4N3O2/c1-26(2,3)25(35)33-24(27(29,30)31)23(17-9-5-4-6-10-17)36-19-13-14-21-18(15-19)16-32-34(21)22-12-8-7-11-20(22)28/h4-16,23-24H,1-3H3,(H,33,35). The molecular formula is C27H25F4N3O2. The van der Waals surface area contributed by atoms with E-state index in [1.165, 1.54) is 62.0 Å². The second-order valence-corrected chi connectivity index (χ2v) is 9.42. The van der Waals surface area contributed by atoms with Crippen molar-refractivity contribution >= 4 is 16.8 Å². The largest absolute Gasteiger partial charge is 0.483 e. The summed E-state index contributed by atoms with van der Waals surface area (Å²) in [5, 5.41) is 6.91. The molecule has 1 amide bonds. The van der Waals surface area contributed by atoms with Crippen LogP contribution in [-0.2, 0) is 4.79 Å². The van der Waals surface area contributed by atoms with Gasteiger partial charge in [0, 0.05) is 10.8 Å². The maximum absolute atomic E-state index is 14.3. The van der Waals surface area contributed by atoms with Crippen LogP contribution in [0.1, 0.15) is 32.4 Å². The zero-order chi connectivity index (χ0) is 26.1. The Kier molecular flexibility index (Phi) is 6.75. The molecular weight excluding hydrogens is 474 g/mol. The number of hydrogen-bond donors (Lipinski definition) is 1. The first-order valence-electron chi connectivity index (χ1n) is 11.3. The van der Waals surface area contributed by atoms with E-state index >= 15 is 0 Å². The highest BCUT2D eigenvalue weighted by Crippen LogP contribution is 2.36. The molecule has 0 spiro atoms. The van der Waals surface area contributed by atoms with Crippen LogP contribution in [0, 0.1) is 11.2 Å². The zero-order valence-electron chi connectivity index (χ0n) is 19.9. The zero-order valence-corrected chi connectivity index (χ0v) is 19.9. The van der Waals surface area contributed by atoms with Crippen molar-refractivity contribution < 1.29 is 27.1 Å². The Balaban J connectivity index is 1.72. The molecule has 9 heteroatoms. The lowest BCUT2D eigenvalue weighted by molar-refractivity contribution is -0.181. The van der Waals surface area contributed by atoms with E-state index in [1.807, 2.05) is 0 Å². The minimum atomic E-state index is -4.79. The third kappa shape index (κ3) is 5.35. The fraction of sp³-hybridized carbons (Fsp3) is 0.259.